The van der Waals surface area contributed by atoms with Gasteiger partial charge in [0, 0.05) is 18.9 Å². The molecule has 1 unspecified atom stereocenters. The molecule has 0 spiro atoms. The summed E-state index contributed by atoms with van der Waals surface area (Å²) in [6, 6.07) is 5.64. The van der Waals surface area contributed by atoms with Crippen molar-refractivity contribution in [3.8, 4) is 0 Å². The average Bonchev–Trinajstić information content (AvgIpc) is 2.36. The second kappa shape index (κ2) is 5.83. The normalized spacial score (nSPS) is 18.9. The average molecular weight is 263 g/mol. The van der Waals surface area contributed by atoms with E-state index >= 15 is 0 Å². The molecule has 19 heavy (non-hydrogen) atoms. The molecule has 0 aliphatic heterocycles. The molecule has 1 aromatic rings. The van der Waals surface area contributed by atoms with Crippen LogP contribution < -0.4 is 0 Å². The van der Waals surface area contributed by atoms with Gasteiger partial charge >= 0.3 is 0 Å². The largest absolute Gasteiger partial charge is 0.302 e. The maximum atomic E-state index is 13.4. The van der Waals surface area contributed by atoms with E-state index in [4.69, 9.17) is 0 Å². The lowest BCUT2D eigenvalue weighted by Crippen LogP contribution is -2.30. The number of rotatable bonds is 3. The summed E-state index contributed by atoms with van der Waals surface area (Å²) >= 11 is 0. The van der Waals surface area contributed by atoms with Crippen molar-refractivity contribution in [3.05, 3.63) is 35.1 Å². The van der Waals surface area contributed by atoms with E-state index in [1.807, 2.05) is 12.1 Å². The van der Waals surface area contributed by atoms with E-state index in [9.17, 15) is 9.18 Å². The van der Waals surface area contributed by atoms with Gasteiger partial charge in [0.25, 0.3) is 0 Å². The van der Waals surface area contributed by atoms with Gasteiger partial charge in [-0.3, -0.25) is 4.79 Å². The monoisotopic (exact) mass is 263 g/mol. The molecule has 0 amide bonds. The third kappa shape index (κ3) is 3.21. The molecule has 3 heteroatoms. The third-order valence-electron chi connectivity index (χ3n) is 4.11. The number of ketones is 1. The number of aryl methyl sites for hydroxylation is 1. The first kappa shape index (κ1) is 14.2. The van der Waals surface area contributed by atoms with Crippen LogP contribution in [0.1, 0.15) is 42.9 Å². The maximum absolute atomic E-state index is 13.4. The molecule has 1 aliphatic carbocycles. The predicted molar refractivity (Wildman–Crippen MR) is 74.5 cm³/mol. The van der Waals surface area contributed by atoms with Crippen LogP contribution >= 0.6 is 0 Å². The highest BCUT2D eigenvalue weighted by Crippen LogP contribution is 2.36. The number of hydrogen-bond donors (Lipinski definition) is 0. The van der Waals surface area contributed by atoms with Crippen LogP contribution in [0.3, 0.4) is 0 Å². The molecule has 1 aliphatic rings. The number of benzene rings is 1. The van der Waals surface area contributed by atoms with Crippen LogP contribution in [0.2, 0.25) is 0 Å². The standard InChI is InChI=1S/C16H22FNO/c1-11-10-13(6-9-15(11)17)16(18(2)3)12-4-7-14(19)8-5-12/h6,9-10,12,16H,4-5,7-8H2,1-3H3. The summed E-state index contributed by atoms with van der Waals surface area (Å²) in [6.45, 7) is 1.80. The van der Waals surface area contributed by atoms with Gasteiger partial charge in [-0.2, -0.15) is 0 Å². The van der Waals surface area contributed by atoms with Gasteiger partial charge in [-0.05, 0) is 57.0 Å². The highest BCUT2D eigenvalue weighted by atomic mass is 19.1. The molecule has 0 bridgehead atoms. The van der Waals surface area contributed by atoms with E-state index in [0.717, 1.165) is 18.4 Å². The van der Waals surface area contributed by atoms with E-state index in [2.05, 4.69) is 19.0 Å². The molecular formula is C16H22FNO. The quantitative estimate of drug-likeness (QED) is 0.832. The van der Waals surface area contributed by atoms with E-state index in [1.54, 1.807) is 13.0 Å². The first-order valence-corrected chi connectivity index (χ1v) is 6.93. The fourth-order valence-corrected chi connectivity index (χ4v) is 3.12. The fraction of sp³-hybridized carbons (Fsp3) is 0.562. The summed E-state index contributed by atoms with van der Waals surface area (Å²) in [5.41, 5.74) is 1.85. The van der Waals surface area contributed by atoms with Gasteiger partial charge in [-0.15, -0.1) is 0 Å². The Morgan fingerprint density at radius 2 is 1.89 bits per heavy atom. The van der Waals surface area contributed by atoms with E-state index in [1.165, 1.54) is 0 Å². The predicted octanol–water partition coefficient (Wildman–Crippen LogP) is 3.50. The number of Topliss-reactive ketones (excluding diaryl/α,β-unsaturated/α-hetero) is 1. The SMILES string of the molecule is Cc1cc(C(C2CCC(=O)CC2)N(C)C)ccc1F. The number of halogens is 1. The van der Waals surface area contributed by atoms with Crippen LogP contribution in [0, 0.1) is 18.7 Å². The molecule has 0 saturated heterocycles. The van der Waals surface area contributed by atoms with Crippen molar-refractivity contribution in [1.29, 1.82) is 0 Å². The van der Waals surface area contributed by atoms with E-state index in [-0.39, 0.29) is 11.9 Å². The van der Waals surface area contributed by atoms with Gasteiger partial charge in [0.05, 0.1) is 0 Å². The van der Waals surface area contributed by atoms with Crippen molar-refractivity contribution in [2.24, 2.45) is 5.92 Å². The number of nitrogens with zero attached hydrogens (tertiary/aromatic N) is 1. The molecule has 0 heterocycles. The number of carbonyl (C=O) groups is 1. The Hall–Kier alpha value is -1.22. The zero-order valence-corrected chi connectivity index (χ0v) is 11.9. The molecule has 0 N–H and O–H groups in total. The van der Waals surface area contributed by atoms with Crippen molar-refractivity contribution in [1.82, 2.24) is 4.90 Å². The van der Waals surface area contributed by atoms with Crippen LogP contribution in [0.15, 0.2) is 18.2 Å². The molecule has 2 nitrogen and oxygen atoms in total. The van der Waals surface area contributed by atoms with Crippen LogP contribution in [0.4, 0.5) is 4.39 Å². The Bertz CT molecular complexity index is 460. The lowest BCUT2D eigenvalue weighted by Gasteiger charge is -2.35. The lowest BCUT2D eigenvalue weighted by molar-refractivity contribution is -0.121. The Morgan fingerprint density at radius 3 is 2.42 bits per heavy atom. The molecule has 1 fully saturated rings. The molecule has 2 rings (SSSR count). The molecule has 1 aromatic carbocycles. The Morgan fingerprint density at radius 1 is 1.26 bits per heavy atom. The summed E-state index contributed by atoms with van der Waals surface area (Å²) in [5, 5.41) is 0. The van der Waals surface area contributed by atoms with Crippen molar-refractivity contribution in [2.75, 3.05) is 14.1 Å². The zero-order valence-electron chi connectivity index (χ0n) is 11.9. The van der Waals surface area contributed by atoms with E-state index < -0.39 is 0 Å². The summed E-state index contributed by atoms with van der Waals surface area (Å²) in [7, 11) is 4.11. The Labute approximate surface area is 114 Å². The Balaban J connectivity index is 2.24. The van der Waals surface area contributed by atoms with Crippen molar-refractivity contribution < 1.29 is 9.18 Å². The van der Waals surface area contributed by atoms with Crippen molar-refractivity contribution in [2.45, 2.75) is 38.6 Å². The first-order chi connectivity index (χ1) is 8.99. The van der Waals surface area contributed by atoms with Gasteiger partial charge < -0.3 is 4.90 Å². The van der Waals surface area contributed by atoms with Crippen molar-refractivity contribution in [3.63, 3.8) is 0 Å². The highest BCUT2D eigenvalue weighted by molar-refractivity contribution is 5.79. The van der Waals surface area contributed by atoms with Crippen LogP contribution in [-0.4, -0.2) is 24.8 Å². The molecular weight excluding hydrogens is 241 g/mol. The van der Waals surface area contributed by atoms with Crippen LogP contribution in [0.25, 0.3) is 0 Å². The minimum Gasteiger partial charge on any atom is -0.302 e. The smallest absolute Gasteiger partial charge is 0.132 e. The Kier molecular flexibility index (Phi) is 4.35. The summed E-state index contributed by atoms with van der Waals surface area (Å²) in [6.07, 6.45) is 3.26. The lowest BCUT2D eigenvalue weighted by atomic mass is 9.80. The van der Waals surface area contributed by atoms with Gasteiger partial charge in [-0.25, -0.2) is 4.39 Å². The summed E-state index contributed by atoms with van der Waals surface area (Å²) < 4.78 is 13.4. The van der Waals surface area contributed by atoms with Gasteiger partial charge in [0.2, 0.25) is 0 Å². The second-order valence-electron chi connectivity index (χ2n) is 5.79. The van der Waals surface area contributed by atoms with Crippen LogP contribution in [-0.2, 0) is 4.79 Å². The molecule has 104 valence electrons. The maximum Gasteiger partial charge on any atom is 0.132 e. The first-order valence-electron chi connectivity index (χ1n) is 6.93. The van der Waals surface area contributed by atoms with Gasteiger partial charge in [-0.1, -0.05) is 12.1 Å². The number of hydrogen-bond acceptors (Lipinski definition) is 2. The molecule has 1 atom stereocenters. The van der Waals surface area contributed by atoms with Gasteiger partial charge in [0.1, 0.15) is 11.6 Å². The zero-order chi connectivity index (χ0) is 14.0. The topological polar surface area (TPSA) is 20.3 Å². The molecule has 0 radical (unpaired) electrons. The summed E-state index contributed by atoms with van der Waals surface area (Å²) in [5.74, 6) is 0.710. The molecule has 0 aromatic heterocycles. The van der Waals surface area contributed by atoms with Crippen LogP contribution in [0.5, 0.6) is 0 Å². The highest BCUT2D eigenvalue weighted by Gasteiger charge is 2.29. The second-order valence-corrected chi connectivity index (χ2v) is 5.79. The minimum absolute atomic E-state index is 0.153. The third-order valence-corrected chi connectivity index (χ3v) is 4.11. The number of carbonyl (C=O) groups excluding carboxylic acids is 1. The molecule has 1 saturated carbocycles. The summed E-state index contributed by atoms with van der Waals surface area (Å²) in [4.78, 5) is 13.6. The van der Waals surface area contributed by atoms with Crippen molar-refractivity contribution >= 4 is 5.78 Å². The minimum atomic E-state index is -0.153. The van der Waals surface area contributed by atoms with E-state index in [0.29, 0.717) is 30.1 Å². The fourth-order valence-electron chi connectivity index (χ4n) is 3.12. The van der Waals surface area contributed by atoms with Gasteiger partial charge in [0.15, 0.2) is 0 Å².